The van der Waals surface area contributed by atoms with Gasteiger partial charge in [0.2, 0.25) is 15.9 Å². The molecule has 34 heavy (non-hydrogen) atoms. The Labute approximate surface area is 199 Å². The van der Waals surface area contributed by atoms with Crippen LogP contribution in [0.1, 0.15) is 55.8 Å². The van der Waals surface area contributed by atoms with E-state index in [9.17, 15) is 27.6 Å². The standard InChI is InChI=1S/C23H30N4O6S/c1-17(28)18-5-7-19(8-6-18)34(32,33)26-15-13-25(14-16-26)20(29)9-12-27-21(30)23(24-22(27)31)10-3-2-4-11-23/h5-8H,2-4,9-16H2,1H3,(H,24,31). The van der Waals surface area contributed by atoms with Gasteiger partial charge in [0, 0.05) is 44.7 Å². The highest BCUT2D eigenvalue weighted by atomic mass is 32.2. The van der Waals surface area contributed by atoms with Gasteiger partial charge in [0.25, 0.3) is 5.91 Å². The predicted octanol–water partition coefficient (Wildman–Crippen LogP) is 1.37. The molecule has 2 heterocycles. The van der Waals surface area contributed by atoms with Crippen molar-refractivity contribution >= 4 is 33.7 Å². The molecule has 4 rings (SSSR count). The summed E-state index contributed by atoms with van der Waals surface area (Å²) in [7, 11) is -3.73. The van der Waals surface area contributed by atoms with Crippen molar-refractivity contribution in [3.05, 3.63) is 29.8 Å². The van der Waals surface area contributed by atoms with Crippen molar-refractivity contribution in [3.8, 4) is 0 Å². The van der Waals surface area contributed by atoms with E-state index in [4.69, 9.17) is 0 Å². The van der Waals surface area contributed by atoms with Crippen LogP contribution in [-0.2, 0) is 19.6 Å². The molecular weight excluding hydrogens is 460 g/mol. The molecule has 0 radical (unpaired) electrons. The lowest BCUT2D eigenvalue weighted by atomic mass is 9.82. The first kappa shape index (κ1) is 24.3. The number of piperazine rings is 1. The van der Waals surface area contributed by atoms with Crippen molar-refractivity contribution in [3.63, 3.8) is 0 Å². The fourth-order valence-electron chi connectivity index (χ4n) is 4.93. The molecule has 3 aliphatic rings. The summed E-state index contributed by atoms with van der Waals surface area (Å²) in [6, 6.07) is 5.37. The van der Waals surface area contributed by atoms with Gasteiger partial charge in [-0.05, 0) is 31.9 Å². The molecule has 2 saturated heterocycles. The van der Waals surface area contributed by atoms with Gasteiger partial charge >= 0.3 is 6.03 Å². The highest BCUT2D eigenvalue weighted by molar-refractivity contribution is 7.89. The molecule has 1 spiro atoms. The molecule has 4 amide bonds. The van der Waals surface area contributed by atoms with Crippen molar-refractivity contribution in [2.45, 2.75) is 55.9 Å². The van der Waals surface area contributed by atoms with E-state index >= 15 is 0 Å². The Hall–Kier alpha value is -2.79. The highest BCUT2D eigenvalue weighted by Gasteiger charge is 2.51. The number of carbonyl (C=O) groups is 4. The van der Waals surface area contributed by atoms with Gasteiger partial charge in [-0.15, -0.1) is 0 Å². The van der Waals surface area contributed by atoms with Crippen molar-refractivity contribution < 1.29 is 27.6 Å². The molecule has 1 saturated carbocycles. The Morgan fingerprint density at radius 2 is 1.59 bits per heavy atom. The number of hydrogen-bond acceptors (Lipinski definition) is 6. The first-order valence-electron chi connectivity index (χ1n) is 11.7. The third-order valence-electron chi connectivity index (χ3n) is 6.99. The number of sulfonamides is 1. The Morgan fingerprint density at radius 1 is 0.971 bits per heavy atom. The summed E-state index contributed by atoms with van der Waals surface area (Å²) in [4.78, 5) is 52.2. The van der Waals surface area contributed by atoms with Crippen LogP contribution in [0, 0.1) is 0 Å². The maximum Gasteiger partial charge on any atom is 0.325 e. The number of ketones is 1. The number of nitrogens with one attached hydrogen (secondary N) is 1. The van der Waals surface area contributed by atoms with Gasteiger partial charge in [0.1, 0.15) is 5.54 Å². The summed E-state index contributed by atoms with van der Waals surface area (Å²) in [5, 5.41) is 2.84. The largest absolute Gasteiger partial charge is 0.340 e. The second-order valence-electron chi connectivity index (χ2n) is 9.15. The minimum absolute atomic E-state index is 0.00843. The van der Waals surface area contributed by atoms with Crippen LogP contribution in [0.3, 0.4) is 0 Å². The zero-order valence-corrected chi connectivity index (χ0v) is 20.1. The summed E-state index contributed by atoms with van der Waals surface area (Å²) in [5.74, 6) is -0.595. The SMILES string of the molecule is CC(=O)c1ccc(S(=O)(=O)N2CCN(C(=O)CCN3C(=O)NC4(CCCCC4)C3=O)CC2)cc1. The van der Waals surface area contributed by atoms with E-state index in [-0.39, 0.29) is 61.6 Å². The van der Waals surface area contributed by atoms with Gasteiger partial charge in [0.15, 0.2) is 5.78 Å². The molecular formula is C23H30N4O6S. The minimum atomic E-state index is -3.73. The maximum atomic E-state index is 12.9. The van der Waals surface area contributed by atoms with Crippen LogP contribution in [0.4, 0.5) is 4.79 Å². The molecule has 1 N–H and O–H groups in total. The summed E-state index contributed by atoms with van der Waals surface area (Å²) in [6.45, 7) is 2.19. The van der Waals surface area contributed by atoms with Crippen molar-refractivity contribution in [1.29, 1.82) is 0 Å². The Kier molecular flexibility index (Phi) is 6.77. The topological polar surface area (TPSA) is 124 Å². The number of Topliss-reactive ketones (excluding diaryl/α,β-unsaturated/α-hetero) is 1. The second-order valence-corrected chi connectivity index (χ2v) is 11.1. The zero-order valence-electron chi connectivity index (χ0n) is 19.3. The van der Waals surface area contributed by atoms with Gasteiger partial charge < -0.3 is 10.2 Å². The van der Waals surface area contributed by atoms with E-state index in [1.54, 1.807) is 4.90 Å². The van der Waals surface area contributed by atoms with Crippen LogP contribution in [0.2, 0.25) is 0 Å². The lowest BCUT2D eigenvalue weighted by molar-refractivity contribution is -0.135. The molecule has 0 aromatic heterocycles. The van der Waals surface area contributed by atoms with E-state index in [1.807, 2.05) is 0 Å². The summed E-state index contributed by atoms with van der Waals surface area (Å²) < 4.78 is 27.1. The third-order valence-corrected chi connectivity index (χ3v) is 8.91. The number of urea groups is 1. The lowest BCUT2D eigenvalue weighted by Gasteiger charge is -2.34. The predicted molar refractivity (Wildman–Crippen MR) is 122 cm³/mol. The number of nitrogens with zero attached hydrogens (tertiary/aromatic N) is 3. The van der Waals surface area contributed by atoms with Crippen molar-refractivity contribution in [2.75, 3.05) is 32.7 Å². The average molecular weight is 491 g/mol. The Morgan fingerprint density at radius 3 is 2.18 bits per heavy atom. The van der Waals surface area contributed by atoms with E-state index in [2.05, 4.69) is 5.32 Å². The van der Waals surface area contributed by atoms with Gasteiger partial charge in [-0.3, -0.25) is 19.3 Å². The molecule has 0 unspecified atom stereocenters. The average Bonchev–Trinajstić information content (AvgIpc) is 3.06. The molecule has 184 valence electrons. The number of amides is 4. The summed E-state index contributed by atoms with van der Waals surface area (Å²) in [5.41, 5.74) is -0.366. The fourth-order valence-corrected chi connectivity index (χ4v) is 6.35. The van der Waals surface area contributed by atoms with Gasteiger partial charge in [-0.25, -0.2) is 13.2 Å². The molecule has 1 aromatic carbocycles. The van der Waals surface area contributed by atoms with Gasteiger partial charge in [0.05, 0.1) is 4.90 Å². The van der Waals surface area contributed by atoms with Crippen LogP contribution in [0.25, 0.3) is 0 Å². The van der Waals surface area contributed by atoms with Crippen LogP contribution >= 0.6 is 0 Å². The van der Waals surface area contributed by atoms with E-state index < -0.39 is 21.6 Å². The molecule has 0 bridgehead atoms. The number of imide groups is 1. The minimum Gasteiger partial charge on any atom is -0.340 e. The molecule has 10 nitrogen and oxygen atoms in total. The summed E-state index contributed by atoms with van der Waals surface area (Å²) >= 11 is 0. The first-order valence-corrected chi connectivity index (χ1v) is 13.1. The van der Waals surface area contributed by atoms with E-state index in [1.165, 1.54) is 35.5 Å². The summed E-state index contributed by atoms with van der Waals surface area (Å²) in [6.07, 6.45) is 4.12. The Bertz CT molecular complexity index is 1090. The van der Waals surface area contributed by atoms with Gasteiger partial charge in [-0.2, -0.15) is 4.31 Å². The lowest BCUT2D eigenvalue weighted by Crippen LogP contribution is -2.51. The fraction of sp³-hybridized carbons (Fsp3) is 0.565. The first-order chi connectivity index (χ1) is 16.1. The molecule has 1 aliphatic carbocycles. The monoisotopic (exact) mass is 490 g/mol. The molecule has 2 aliphatic heterocycles. The van der Waals surface area contributed by atoms with Crippen molar-refractivity contribution in [1.82, 2.24) is 19.4 Å². The third kappa shape index (κ3) is 4.58. The number of rotatable bonds is 6. The molecule has 1 aromatic rings. The zero-order chi connectivity index (χ0) is 24.5. The number of hydrogen-bond donors (Lipinski definition) is 1. The van der Waals surface area contributed by atoms with Crippen LogP contribution in [0.5, 0.6) is 0 Å². The normalized spacial score (nSPS) is 21.1. The molecule has 11 heteroatoms. The quantitative estimate of drug-likeness (QED) is 0.474. The number of carbonyl (C=O) groups excluding carboxylic acids is 4. The van der Waals surface area contributed by atoms with Crippen LogP contribution in [0.15, 0.2) is 29.2 Å². The number of benzene rings is 1. The molecule has 3 fully saturated rings. The highest BCUT2D eigenvalue weighted by Crippen LogP contribution is 2.33. The van der Waals surface area contributed by atoms with Gasteiger partial charge in [-0.1, -0.05) is 31.4 Å². The maximum absolute atomic E-state index is 12.9. The smallest absolute Gasteiger partial charge is 0.325 e. The van der Waals surface area contributed by atoms with E-state index in [0.717, 1.165) is 24.2 Å². The molecule has 0 atom stereocenters. The van der Waals surface area contributed by atoms with E-state index in [0.29, 0.717) is 18.4 Å². The Balaban J connectivity index is 1.30. The van der Waals surface area contributed by atoms with Crippen LogP contribution < -0.4 is 5.32 Å². The van der Waals surface area contributed by atoms with Crippen molar-refractivity contribution in [2.24, 2.45) is 0 Å². The second kappa shape index (κ2) is 9.46. The van der Waals surface area contributed by atoms with Crippen LogP contribution in [-0.4, -0.2) is 84.4 Å².